The molecular weight excluding hydrogens is 1210 g/mol. The van der Waals surface area contributed by atoms with Gasteiger partial charge in [-0.1, -0.05) is 185 Å². The number of alkyl halides is 2. The summed E-state index contributed by atoms with van der Waals surface area (Å²) in [7, 11) is 10.2. The largest absolute Gasteiger partial charge is 0.544 e. The van der Waals surface area contributed by atoms with Crippen LogP contribution in [-0.4, -0.2) is 119 Å². The topological polar surface area (TPSA) is 241 Å². The number of aliphatic hydroxyl groups excluding tert-OH is 2. The van der Waals surface area contributed by atoms with Crippen molar-refractivity contribution in [1.29, 1.82) is 0 Å². The molecule has 8 rings (SSSR count). The molecule has 19 heteroatoms. The number of aromatic nitrogens is 2. The lowest BCUT2D eigenvalue weighted by molar-refractivity contribution is -0.864. The third kappa shape index (κ3) is 38.6. The van der Waals surface area contributed by atoms with Gasteiger partial charge < -0.3 is 38.2 Å². The van der Waals surface area contributed by atoms with Crippen LogP contribution < -0.4 is 21.4 Å². The van der Waals surface area contributed by atoms with Crippen molar-refractivity contribution < 1.29 is 57.3 Å². The zero-order valence-electron chi connectivity index (χ0n) is 52.8. The predicted octanol–water partition coefficient (Wildman–Crippen LogP) is 12.2. The van der Waals surface area contributed by atoms with Crippen LogP contribution in [0.15, 0.2) is 188 Å². The number of nitrogens with zero attached hydrogens (tertiary/aromatic N) is 4. The highest BCUT2D eigenvalue weighted by Crippen LogP contribution is 2.21. The molecule has 17 nitrogen and oxygen atoms in total. The number of hydrogen-bond donors (Lipinski definition) is 2. The van der Waals surface area contributed by atoms with E-state index < -0.39 is 12.6 Å². The van der Waals surface area contributed by atoms with Crippen LogP contribution in [0.1, 0.15) is 94.0 Å². The molecule has 2 aromatic heterocycles. The van der Waals surface area contributed by atoms with Crippen molar-refractivity contribution in [3.8, 4) is 28.3 Å². The molecule has 0 saturated carbocycles. The number of aliphatic carboxylic acids is 1. The standard InChI is InChI=1S/C12H13NO3.C11H11NO2.C9H9BrO.C9H10O2.C9H10O.C7H8.C5H11NO2.C2H5Cl.C2H3NO.C2H6O.CH4/c1-3-15-10-6-4-9(5-7-10)11-8-16-12(14)13(11)2;1-8-3-5-9(6-4-8)10-7-14-11(13)12(10)2;2*1-7-2-4-8(5-3-7)9(11)6-10;1-7-3-5-9(6-4-7)8(2)10;1-7-5-3-2-4-6-7;1-6(2,3)4-5(7)8;1-2-3;1-3-2-4;1-2-3;/h4-8H,3H2,1-2H3;3-7H,1-2H3;2-5H,6H2,1H3;2-5,10H,6H2,1H3;3-6H,1-2H3;2-6H,1H3;4H2,1-3H3;2H2,1H3;1H3;3H,2H2,1H3;1H4. The van der Waals surface area contributed by atoms with Crippen LogP contribution >= 0.6 is 27.5 Å². The summed E-state index contributed by atoms with van der Waals surface area (Å²) in [5.41, 5.74) is 11.6. The number of aliphatic hydroxyl groups is 2. The number of carboxylic acid groups (broad SMARTS) is 1. The van der Waals surface area contributed by atoms with E-state index in [1.165, 1.54) is 57.0 Å². The van der Waals surface area contributed by atoms with Crippen molar-refractivity contribution in [2.75, 3.05) is 65.8 Å². The number of hydrogen-bond acceptors (Lipinski definition) is 14. The summed E-state index contributed by atoms with van der Waals surface area (Å²) in [4.78, 5) is 76.6. The lowest BCUT2D eigenvalue weighted by Gasteiger charge is -2.23. The zero-order chi connectivity index (χ0) is 66.5. The summed E-state index contributed by atoms with van der Waals surface area (Å²) in [6.45, 7) is 17.7. The Labute approximate surface area is 533 Å². The van der Waals surface area contributed by atoms with Crippen molar-refractivity contribution in [3.05, 3.63) is 230 Å². The number of likely N-dealkylation sites (N-methyl/N-ethyl adjacent to an activating group) is 1. The molecule has 2 N–H and O–H groups in total. The molecule has 0 unspecified atom stereocenters. The smallest absolute Gasteiger partial charge is 0.419 e. The number of quaternary nitrogens is 1. The van der Waals surface area contributed by atoms with Gasteiger partial charge in [0.15, 0.2) is 17.3 Å². The first-order chi connectivity index (χ1) is 41.1. The minimum Gasteiger partial charge on any atom is -0.544 e. The molecule has 0 atom stereocenters. The number of carboxylic acids is 1. The van der Waals surface area contributed by atoms with E-state index in [0.29, 0.717) is 22.0 Å². The van der Waals surface area contributed by atoms with E-state index in [1.807, 2.05) is 169 Å². The quantitative estimate of drug-likeness (QED) is 0.0403. The first kappa shape index (κ1) is 83.9. The van der Waals surface area contributed by atoms with Gasteiger partial charge in [-0.15, -0.1) is 11.6 Å². The van der Waals surface area contributed by atoms with Crippen LogP contribution in [0.3, 0.4) is 0 Å². The average Bonchev–Trinajstić information content (AvgIpc) is 3.24. The molecule has 0 bridgehead atoms. The van der Waals surface area contributed by atoms with Gasteiger partial charge in [-0.05, 0) is 79.7 Å². The number of isocyanates is 1. The van der Waals surface area contributed by atoms with E-state index in [1.54, 1.807) is 61.2 Å². The second-order valence-corrected chi connectivity index (χ2v) is 20.5. The number of aryl methyl sites for hydroxylation is 5. The molecule has 0 saturated heterocycles. The van der Waals surface area contributed by atoms with Gasteiger partial charge in [0.1, 0.15) is 31.4 Å². The molecule has 0 aliphatic rings. The molecule has 478 valence electrons. The monoisotopic (exact) mass is 1300 g/mol. The first-order valence-corrected chi connectivity index (χ1v) is 29.0. The minimum absolute atomic E-state index is 0. The number of Topliss-reactive ketones (excluding diaryl/α,β-unsaturated/α-hetero) is 3. The molecule has 8 aromatic rings. The Morgan fingerprint density at radius 1 is 0.614 bits per heavy atom. The van der Waals surface area contributed by atoms with E-state index in [9.17, 15) is 33.9 Å². The number of benzene rings is 6. The summed E-state index contributed by atoms with van der Waals surface area (Å²) >= 11 is 8.12. The number of ketones is 3. The van der Waals surface area contributed by atoms with Gasteiger partial charge >= 0.3 is 11.5 Å². The number of carbonyl (C=O) groups excluding carboxylic acids is 5. The second-order valence-electron chi connectivity index (χ2n) is 19.4. The number of oxazole rings is 2. The van der Waals surface area contributed by atoms with Crippen molar-refractivity contribution in [1.82, 2.24) is 9.13 Å². The van der Waals surface area contributed by atoms with E-state index in [-0.39, 0.29) is 49.4 Å². The molecule has 0 fully saturated rings. The number of halogens is 2. The van der Waals surface area contributed by atoms with Gasteiger partial charge in [0.25, 0.3) is 0 Å². The lowest BCUT2D eigenvalue weighted by atomic mass is 10.1. The molecule has 88 heavy (non-hydrogen) atoms. The fourth-order valence-corrected chi connectivity index (χ4v) is 6.54. The maximum absolute atomic E-state index is 11.2. The fraction of sp³-hybridized carbons (Fsp3) is 0.319. The Kier molecular flexibility index (Phi) is 46.4. The SMILES string of the molecule is C.CC(=O)c1ccc(C)cc1.CCCl.CCO.CCOc1ccc(-c2coc(=O)n2C)cc1.CN=C=O.C[N+](C)(C)CC(=O)[O-].Cc1ccc(-c2coc(=O)n2C)cc1.Cc1ccc(C(=O)CBr)cc1.Cc1ccc(C(=O)CO)cc1.Cc1ccccc1. The lowest BCUT2D eigenvalue weighted by Crippen LogP contribution is -2.45. The highest BCUT2D eigenvalue weighted by Gasteiger charge is 2.09. The Morgan fingerprint density at radius 2 is 0.932 bits per heavy atom. The third-order valence-electron chi connectivity index (χ3n) is 10.7. The predicted molar refractivity (Wildman–Crippen MR) is 357 cm³/mol. The Hall–Kier alpha value is -8.35. The molecule has 0 aliphatic heterocycles. The van der Waals surface area contributed by atoms with Gasteiger partial charge in [-0.25, -0.2) is 19.4 Å². The highest BCUT2D eigenvalue weighted by molar-refractivity contribution is 9.09. The van der Waals surface area contributed by atoms with Crippen molar-refractivity contribution in [2.45, 2.75) is 69.7 Å². The average molecular weight is 1300 g/mol. The van der Waals surface area contributed by atoms with E-state index in [4.69, 9.17) is 40.2 Å². The summed E-state index contributed by atoms with van der Waals surface area (Å²) < 4.78 is 18.3. The summed E-state index contributed by atoms with van der Waals surface area (Å²) in [5, 5.41) is 26.4. The number of rotatable bonds is 11. The molecule has 0 amide bonds. The molecule has 0 aliphatic carbocycles. The van der Waals surface area contributed by atoms with Crippen LogP contribution in [0, 0.1) is 34.6 Å². The molecular formula is C69H90BrClN4O13. The molecule has 0 spiro atoms. The van der Waals surface area contributed by atoms with Crippen molar-refractivity contribution in [3.63, 3.8) is 0 Å². The van der Waals surface area contributed by atoms with Crippen molar-refractivity contribution >= 4 is 56.9 Å². The molecule has 6 aromatic carbocycles. The van der Waals surface area contributed by atoms with Crippen LogP contribution in [0.25, 0.3) is 22.5 Å². The zero-order valence-corrected chi connectivity index (χ0v) is 55.1. The van der Waals surface area contributed by atoms with Gasteiger partial charge in [0.2, 0.25) is 6.08 Å². The molecule has 0 radical (unpaired) electrons. The van der Waals surface area contributed by atoms with Gasteiger partial charge in [0.05, 0.1) is 50.4 Å². The third-order valence-corrected chi connectivity index (χ3v) is 11.2. The Bertz CT molecular complexity index is 3260. The van der Waals surface area contributed by atoms with Crippen LogP contribution in [0.5, 0.6) is 5.75 Å². The number of ether oxygens (including phenoxy) is 1. The van der Waals surface area contributed by atoms with Crippen LogP contribution in [-0.2, 0) is 23.7 Å². The van der Waals surface area contributed by atoms with E-state index in [2.05, 4.69) is 40.0 Å². The van der Waals surface area contributed by atoms with E-state index in [0.717, 1.165) is 50.8 Å². The second kappa shape index (κ2) is 48.7. The minimum atomic E-state index is -1.00. The molecule has 2 heterocycles. The van der Waals surface area contributed by atoms with Gasteiger partial charge in [-0.2, -0.15) is 0 Å². The number of carbonyl (C=O) groups is 4. The summed E-state index contributed by atoms with van der Waals surface area (Å²) in [6, 6.07) is 48.0. The summed E-state index contributed by atoms with van der Waals surface area (Å²) in [5.74, 6) is -0.128. The maximum Gasteiger partial charge on any atom is 0.419 e. The van der Waals surface area contributed by atoms with Crippen molar-refractivity contribution in [2.24, 2.45) is 19.1 Å². The number of aliphatic imine (C=N–C) groups is 1. The van der Waals surface area contributed by atoms with Gasteiger partial charge in [-0.3, -0.25) is 23.5 Å². The normalized spacial score (nSPS) is 9.35. The highest BCUT2D eigenvalue weighted by atomic mass is 79.9. The van der Waals surface area contributed by atoms with Crippen LogP contribution in [0.2, 0.25) is 0 Å². The fourth-order valence-electron chi connectivity index (χ4n) is 6.22. The van der Waals surface area contributed by atoms with Gasteiger partial charge in [0, 0.05) is 61.4 Å². The Balaban J connectivity index is -0.000000943. The summed E-state index contributed by atoms with van der Waals surface area (Å²) in [6.07, 6.45) is 4.24. The first-order valence-electron chi connectivity index (χ1n) is 27.3. The van der Waals surface area contributed by atoms with E-state index >= 15 is 0 Å². The van der Waals surface area contributed by atoms with Crippen LogP contribution in [0.4, 0.5) is 0 Å². The Morgan fingerprint density at radius 3 is 1.17 bits per heavy atom. The maximum atomic E-state index is 11.2.